The molecule has 3 rings (SSSR count). The van der Waals surface area contributed by atoms with Crippen molar-refractivity contribution < 1.29 is 23.7 Å². The zero-order chi connectivity index (χ0) is 19.1. The molecule has 6 heteroatoms. The van der Waals surface area contributed by atoms with Crippen LogP contribution in [0.3, 0.4) is 0 Å². The zero-order valence-corrected chi connectivity index (χ0v) is 16.2. The van der Waals surface area contributed by atoms with Gasteiger partial charge < -0.3 is 18.9 Å². The van der Waals surface area contributed by atoms with E-state index in [0.29, 0.717) is 30.6 Å². The molecule has 0 aromatic heterocycles. The maximum Gasteiger partial charge on any atom is 0.327 e. The van der Waals surface area contributed by atoms with Gasteiger partial charge in [0.05, 0.1) is 13.7 Å². The van der Waals surface area contributed by atoms with E-state index in [-0.39, 0.29) is 18.6 Å². The van der Waals surface area contributed by atoms with E-state index in [4.69, 9.17) is 18.9 Å². The summed E-state index contributed by atoms with van der Waals surface area (Å²) in [5.41, 5.74) is 0.852. The van der Waals surface area contributed by atoms with Crippen molar-refractivity contribution in [3.63, 3.8) is 0 Å². The Morgan fingerprint density at radius 2 is 2.07 bits per heavy atom. The lowest BCUT2D eigenvalue weighted by atomic mass is 9.98. The summed E-state index contributed by atoms with van der Waals surface area (Å²) in [4.78, 5) is 16.3. The van der Waals surface area contributed by atoms with Gasteiger partial charge in [-0.2, -0.15) is 0 Å². The Balaban J connectivity index is 1.49. The smallest absolute Gasteiger partial charge is 0.327 e. The Kier molecular flexibility index (Phi) is 7.10. The second-order valence-electron chi connectivity index (χ2n) is 7.28. The molecular weight excluding hydrogens is 346 g/mol. The fraction of sp³-hybridized carbons (Fsp3) is 0.619. The molecule has 2 bridgehead atoms. The molecule has 0 aliphatic heterocycles. The number of hydrogen-bond donors (Lipinski definition) is 0. The van der Waals surface area contributed by atoms with Crippen LogP contribution in [0.2, 0.25) is 0 Å². The van der Waals surface area contributed by atoms with Crippen LogP contribution in [0.25, 0.3) is 0 Å². The molecule has 3 atom stereocenters. The Hall–Kier alpha value is -2.08. The molecule has 2 unspecified atom stereocenters. The molecule has 0 spiro atoms. The average molecular weight is 375 g/mol. The molecule has 2 fully saturated rings. The normalized spacial score (nSPS) is 23.7. The highest BCUT2D eigenvalue weighted by molar-refractivity contribution is 5.83. The lowest BCUT2D eigenvalue weighted by Crippen LogP contribution is -2.25. The van der Waals surface area contributed by atoms with Gasteiger partial charge in [0.15, 0.2) is 11.5 Å². The van der Waals surface area contributed by atoms with Gasteiger partial charge in [0.2, 0.25) is 0 Å². The van der Waals surface area contributed by atoms with E-state index in [0.717, 1.165) is 24.3 Å². The zero-order valence-electron chi connectivity index (χ0n) is 16.2. The highest BCUT2D eigenvalue weighted by Gasteiger charge is 2.41. The molecular formula is C21H29NO5. The SMILES string of the molecule is COCCCOc1cc(C=NCC(=O)O[C@@H]2CC3CCC2C3)ccc1OC. The molecule has 0 saturated heterocycles. The highest BCUT2D eigenvalue weighted by Crippen LogP contribution is 2.45. The van der Waals surface area contributed by atoms with E-state index < -0.39 is 0 Å². The molecule has 0 amide bonds. The number of carbonyl (C=O) groups is 1. The van der Waals surface area contributed by atoms with Crippen LogP contribution in [0.4, 0.5) is 0 Å². The minimum Gasteiger partial charge on any atom is -0.493 e. The van der Waals surface area contributed by atoms with Gasteiger partial charge >= 0.3 is 5.97 Å². The molecule has 2 aliphatic rings. The number of aliphatic imine (C=N–C) groups is 1. The van der Waals surface area contributed by atoms with E-state index in [2.05, 4.69) is 4.99 Å². The first-order valence-electron chi connectivity index (χ1n) is 9.68. The lowest BCUT2D eigenvalue weighted by Gasteiger charge is -2.21. The van der Waals surface area contributed by atoms with Crippen molar-refractivity contribution in [3.05, 3.63) is 23.8 Å². The summed E-state index contributed by atoms with van der Waals surface area (Å²) in [5.74, 6) is 2.41. The van der Waals surface area contributed by atoms with Crippen LogP contribution in [-0.4, -0.2) is 52.3 Å². The predicted octanol–water partition coefficient (Wildman–Crippen LogP) is 3.26. The Bertz CT molecular complexity index is 660. The van der Waals surface area contributed by atoms with E-state index in [1.165, 1.54) is 19.3 Å². The molecule has 148 valence electrons. The van der Waals surface area contributed by atoms with Crippen LogP contribution in [0.15, 0.2) is 23.2 Å². The minimum atomic E-state index is -0.242. The first kappa shape index (κ1) is 19.7. The van der Waals surface area contributed by atoms with Crippen molar-refractivity contribution in [3.8, 4) is 11.5 Å². The minimum absolute atomic E-state index is 0.0456. The third-order valence-corrected chi connectivity index (χ3v) is 5.35. The fourth-order valence-electron chi connectivity index (χ4n) is 4.03. The van der Waals surface area contributed by atoms with Crippen LogP contribution in [0, 0.1) is 11.8 Å². The predicted molar refractivity (Wildman–Crippen MR) is 103 cm³/mol. The van der Waals surface area contributed by atoms with Gasteiger partial charge in [-0.25, -0.2) is 0 Å². The average Bonchev–Trinajstić information content (AvgIpc) is 3.28. The largest absolute Gasteiger partial charge is 0.493 e. The van der Waals surface area contributed by atoms with Gasteiger partial charge in [-0.15, -0.1) is 0 Å². The monoisotopic (exact) mass is 375 g/mol. The third-order valence-electron chi connectivity index (χ3n) is 5.35. The molecule has 0 heterocycles. The van der Waals surface area contributed by atoms with Gasteiger partial charge in [-0.05, 0) is 61.3 Å². The second kappa shape index (κ2) is 9.74. The topological polar surface area (TPSA) is 66.4 Å². The van der Waals surface area contributed by atoms with Crippen LogP contribution < -0.4 is 9.47 Å². The van der Waals surface area contributed by atoms with Gasteiger partial charge in [-0.3, -0.25) is 9.79 Å². The van der Waals surface area contributed by atoms with E-state index >= 15 is 0 Å². The molecule has 2 aliphatic carbocycles. The van der Waals surface area contributed by atoms with Crippen molar-refractivity contribution >= 4 is 12.2 Å². The number of carbonyl (C=O) groups excluding carboxylic acids is 1. The number of benzene rings is 1. The first-order valence-corrected chi connectivity index (χ1v) is 9.68. The molecule has 1 aromatic carbocycles. The quantitative estimate of drug-likeness (QED) is 0.357. The van der Waals surface area contributed by atoms with E-state index in [9.17, 15) is 4.79 Å². The van der Waals surface area contributed by atoms with Crippen molar-refractivity contribution in [2.24, 2.45) is 16.8 Å². The third kappa shape index (κ3) is 5.45. The number of hydrogen-bond acceptors (Lipinski definition) is 6. The summed E-state index contributed by atoms with van der Waals surface area (Å²) in [6.45, 7) is 1.23. The first-order chi connectivity index (χ1) is 13.2. The van der Waals surface area contributed by atoms with E-state index in [1.54, 1.807) is 20.4 Å². The van der Waals surface area contributed by atoms with Crippen LogP contribution in [0.1, 0.15) is 37.7 Å². The van der Waals surface area contributed by atoms with Crippen molar-refractivity contribution in [1.82, 2.24) is 0 Å². The summed E-state index contributed by atoms with van der Waals surface area (Å²) in [6.07, 6.45) is 7.33. The molecule has 27 heavy (non-hydrogen) atoms. The number of fused-ring (bicyclic) bond motifs is 2. The van der Waals surface area contributed by atoms with Gasteiger partial charge in [0.25, 0.3) is 0 Å². The second-order valence-corrected chi connectivity index (χ2v) is 7.28. The molecule has 6 nitrogen and oxygen atoms in total. The van der Waals surface area contributed by atoms with Crippen molar-refractivity contribution in [2.75, 3.05) is 34.0 Å². The molecule has 1 aromatic rings. The highest BCUT2D eigenvalue weighted by atomic mass is 16.5. The van der Waals surface area contributed by atoms with Crippen LogP contribution in [0.5, 0.6) is 11.5 Å². The fourth-order valence-corrected chi connectivity index (χ4v) is 4.03. The van der Waals surface area contributed by atoms with Gasteiger partial charge in [-0.1, -0.05) is 0 Å². The number of methoxy groups -OCH3 is 2. The van der Waals surface area contributed by atoms with Gasteiger partial charge in [0, 0.05) is 26.4 Å². The van der Waals surface area contributed by atoms with E-state index in [1.807, 2.05) is 18.2 Å². The Morgan fingerprint density at radius 3 is 2.78 bits per heavy atom. The molecule has 2 saturated carbocycles. The van der Waals surface area contributed by atoms with Crippen molar-refractivity contribution in [2.45, 2.75) is 38.2 Å². The van der Waals surface area contributed by atoms with Crippen LogP contribution in [-0.2, 0) is 14.3 Å². The molecule has 0 N–H and O–H groups in total. The summed E-state index contributed by atoms with van der Waals surface area (Å²) in [6, 6.07) is 5.57. The summed E-state index contributed by atoms with van der Waals surface area (Å²) in [7, 11) is 3.27. The Morgan fingerprint density at radius 1 is 1.19 bits per heavy atom. The maximum atomic E-state index is 12.0. The number of ether oxygens (including phenoxy) is 4. The number of esters is 1. The molecule has 0 radical (unpaired) electrons. The maximum absolute atomic E-state index is 12.0. The standard InChI is InChI=1S/C21H29NO5/c1-24-8-3-9-26-20-12-16(5-7-18(20)25-2)13-22-14-21(23)27-19-11-15-4-6-17(19)10-15/h5,7,12-13,15,17,19H,3-4,6,8-11,14H2,1-2H3/t15?,17?,19-/m1/s1. The van der Waals surface area contributed by atoms with Crippen LogP contribution >= 0.6 is 0 Å². The number of rotatable bonds is 10. The summed E-state index contributed by atoms with van der Waals surface area (Å²) in [5, 5.41) is 0. The Labute approximate surface area is 160 Å². The summed E-state index contributed by atoms with van der Waals surface area (Å²) >= 11 is 0. The van der Waals surface area contributed by atoms with Crippen molar-refractivity contribution in [1.29, 1.82) is 0 Å². The van der Waals surface area contributed by atoms with Gasteiger partial charge in [0.1, 0.15) is 12.6 Å². The summed E-state index contributed by atoms with van der Waals surface area (Å²) < 4.78 is 21.7. The number of nitrogens with zero attached hydrogens (tertiary/aromatic N) is 1. The lowest BCUT2D eigenvalue weighted by molar-refractivity contribution is -0.149.